The first-order valence-electron chi connectivity index (χ1n) is 7.43. The molecule has 1 N–H and O–H groups in total. The first kappa shape index (κ1) is 16.0. The van der Waals surface area contributed by atoms with E-state index < -0.39 is 5.97 Å². The largest absolute Gasteiger partial charge is 0.481 e. The lowest BCUT2D eigenvalue weighted by Gasteiger charge is -2.36. The highest BCUT2D eigenvalue weighted by atomic mass is 16.4. The SMILES string of the molecule is CC(C)C(C)CC(=O)N1CCCCC1CCC(=O)O. The maximum atomic E-state index is 12.3. The van der Waals surface area contributed by atoms with E-state index in [-0.39, 0.29) is 18.4 Å². The van der Waals surface area contributed by atoms with Gasteiger partial charge in [0.25, 0.3) is 0 Å². The molecule has 0 bridgehead atoms. The highest BCUT2D eigenvalue weighted by Crippen LogP contribution is 2.24. The van der Waals surface area contributed by atoms with Gasteiger partial charge in [0.05, 0.1) is 0 Å². The molecule has 2 unspecified atom stereocenters. The summed E-state index contributed by atoms with van der Waals surface area (Å²) in [5.41, 5.74) is 0. The van der Waals surface area contributed by atoms with Crippen LogP contribution in [0.1, 0.15) is 59.3 Å². The fourth-order valence-corrected chi connectivity index (χ4v) is 2.55. The Labute approximate surface area is 116 Å². The van der Waals surface area contributed by atoms with E-state index in [4.69, 9.17) is 5.11 Å². The number of carbonyl (C=O) groups excluding carboxylic acids is 1. The van der Waals surface area contributed by atoms with E-state index in [0.29, 0.717) is 24.7 Å². The second-order valence-electron chi connectivity index (χ2n) is 6.09. The third kappa shape index (κ3) is 5.21. The van der Waals surface area contributed by atoms with Gasteiger partial charge in [-0.3, -0.25) is 9.59 Å². The number of likely N-dealkylation sites (tertiary alicyclic amines) is 1. The lowest BCUT2D eigenvalue weighted by atomic mass is 9.92. The van der Waals surface area contributed by atoms with Gasteiger partial charge < -0.3 is 10.0 Å². The van der Waals surface area contributed by atoms with Crippen LogP contribution < -0.4 is 0 Å². The van der Waals surface area contributed by atoms with Gasteiger partial charge in [-0.15, -0.1) is 0 Å². The Morgan fingerprint density at radius 2 is 1.95 bits per heavy atom. The number of rotatable bonds is 6. The monoisotopic (exact) mass is 269 g/mol. The van der Waals surface area contributed by atoms with Crippen LogP contribution in [0.2, 0.25) is 0 Å². The molecule has 0 aromatic heterocycles. The van der Waals surface area contributed by atoms with Crippen molar-refractivity contribution in [1.82, 2.24) is 4.90 Å². The summed E-state index contributed by atoms with van der Waals surface area (Å²) < 4.78 is 0. The highest BCUT2D eigenvalue weighted by molar-refractivity contribution is 5.77. The van der Waals surface area contributed by atoms with Crippen LogP contribution in [-0.2, 0) is 9.59 Å². The lowest BCUT2D eigenvalue weighted by Crippen LogP contribution is -2.44. The molecule has 4 nitrogen and oxygen atoms in total. The summed E-state index contributed by atoms with van der Waals surface area (Å²) in [6.45, 7) is 7.18. The fourth-order valence-electron chi connectivity index (χ4n) is 2.55. The zero-order chi connectivity index (χ0) is 14.4. The molecule has 2 atom stereocenters. The summed E-state index contributed by atoms with van der Waals surface area (Å²) >= 11 is 0. The van der Waals surface area contributed by atoms with Crippen molar-refractivity contribution in [3.8, 4) is 0 Å². The number of amides is 1. The number of hydrogen-bond donors (Lipinski definition) is 1. The molecule has 1 rings (SSSR count). The zero-order valence-electron chi connectivity index (χ0n) is 12.4. The van der Waals surface area contributed by atoms with Gasteiger partial charge in [0.15, 0.2) is 0 Å². The standard InChI is InChI=1S/C15H27NO3/c1-11(2)12(3)10-14(17)16-9-5-4-6-13(16)7-8-15(18)19/h11-13H,4-10H2,1-3H3,(H,18,19). The normalized spacial score (nSPS) is 21.5. The van der Waals surface area contributed by atoms with E-state index in [0.717, 1.165) is 25.8 Å². The molecule has 1 fully saturated rings. The third-order valence-corrected chi connectivity index (χ3v) is 4.27. The molecule has 1 heterocycles. The summed E-state index contributed by atoms with van der Waals surface area (Å²) in [4.78, 5) is 25.0. The van der Waals surface area contributed by atoms with Gasteiger partial charge in [-0.1, -0.05) is 20.8 Å². The zero-order valence-corrected chi connectivity index (χ0v) is 12.4. The summed E-state index contributed by atoms with van der Waals surface area (Å²) in [5, 5.41) is 8.78. The van der Waals surface area contributed by atoms with Gasteiger partial charge in [-0.25, -0.2) is 0 Å². The van der Waals surface area contributed by atoms with Crippen LogP contribution in [0.25, 0.3) is 0 Å². The van der Waals surface area contributed by atoms with Crippen LogP contribution >= 0.6 is 0 Å². The number of hydrogen-bond acceptors (Lipinski definition) is 2. The number of piperidine rings is 1. The third-order valence-electron chi connectivity index (χ3n) is 4.27. The minimum atomic E-state index is -0.770. The molecule has 19 heavy (non-hydrogen) atoms. The molecule has 1 saturated heterocycles. The van der Waals surface area contributed by atoms with Crippen molar-refractivity contribution in [3.05, 3.63) is 0 Å². The molecule has 0 aromatic carbocycles. The van der Waals surface area contributed by atoms with Crippen molar-refractivity contribution < 1.29 is 14.7 Å². The van der Waals surface area contributed by atoms with Gasteiger partial charge in [-0.2, -0.15) is 0 Å². The molecule has 0 aliphatic carbocycles. The van der Waals surface area contributed by atoms with Crippen molar-refractivity contribution in [1.29, 1.82) is 0 Å². The van der Waals surface area contributed by atoms with E-state index in [2.05, 4.69) is 20.8 Å². The van der Waals surface area contributed by atoms with Crippen molar-refractivity contribution in [2.75, 3.05) is 6.54 Å². The second kappa shape index (κ2) is 7.51. The van der Waals surface area contributed by atoms with Crippen molar-refractivity contribution in [2.45, 2.75) is 65.3 Å². The Kier molecular flexibility index (Phi) is 6.32. The smallest absolute Gasteiger partial charge is 0.303 e. The first-order valence-corrected chi connectivity index (χ1v) is 7.43. The van der Waals surface area contributed by atoms with Crippen LogP contribution in [0.15, 0.2) is 0 Å². The average Bonchev–Trinajstić information content (AvgIpc) is 2.36. The number of carbonyl (C=O) groups is 2. The van der Waals surface area contributed by atoms with E-state index in [9.17, 15) is 9.59 Å². The Morgan fingerprint density at radius 3 is 2.53 bits per heavy atom. The summed E-state index contributed by atoms with van der Waals surface area (Å²) in [6, 6.07) is 0.136. The van der Waals surface area contributed by atoms with E-state index >= 15 is 0 Å². The molecule has 1 aliphatic rings. The Balaban J connectivity index is 2.55. The maximum Gasteiger partial charge on any atom is 0.303 e. The van der Waals surface area contributed by atoms with Crippen molar-refractivity contribution in [2.24, 2.45) is 11.8 Å². The van der Waals surface area contributed by atoms with Crippen LogP contribution in [0, 0.1) is 11.8 Å². The van der Waals surface area contributed by atoms with E-state index in [1.807, 2.05) is 4.90 Å². The first-order chi connectivity index (χ1) is 8.91. The molecule has 1 amide bonds. The fraction of sp³-hybridized carbons (Fsp3) is 0.867. The van der Waals surface area contributed by atoms with Gasteiger partial charge in [0.2, 0.25) is 5.91 Å². The predicted molar refractivity (Wildman–Crippen MR) is 74.8 cm³/mol. The predicted octanol–water partition coefficient (Wildman–Crippen LogP) is 2.91. The van der Waals surface area contributed by atoms with Crippen molar-refractivity contribution >= 4 is 11.9 Å². The summed E-state index contributed by atoms with van der Waals surface area (Å²) in [7, 11) is 0. The minimum absolute atomic E-state index is 0.136. The molecular weight excluding hydrogens is 242 g/mol. The van der Waals surface area contributed by atoms with Crippen LogP contribution in [0.3, 0.4) is 0 Å². The summed E-state index contributed by atoms with van der Waals surface area (Å²) in [5.74, 6) is 0.325. The minimum Gasteiger partial charge on any atom is -0.481 e. The number of aliphatic carboxylic acids is 1. The topological polar surface area (TPSA) is 57.6 Å². The molecule has 0 radical (unpaired) electrons. The number of carboxylic acids is 1. The van der Waals surface area contributed by atoms with Crippen LogP contribution in [0.4, 0.5) is 0 Å². The average molecular weight is 269 g/mol. The summed E-state index contributed by atoms with van der Waals surface area (Å²) in [6.07, 6.45) is 4.45. The lowest BCUT2D eigenvalue weighted by molar-refractivity contribution is -0.140. The molecule has 110 valence electrons. The molecular formula is C15H27NO3. The molecule has 0 aromatic rings. The van der Waals surface area contributed by atoms with Gasteiger partial charge in [-0.05, 0) is 37.5 Å². The van der Waals surface area contributed by atoms with E-state index in [1.54, 1.807) is 0 Å². The number of nitrogens with zero attached hydrogens (tertiary/aromatic N) is 1. The van der Waals surface area contributed by atoms with Crippen LogP contribution in [-0.4, -0.2) is 34.5 Å². The van der Waals surface area contributed by atoms with Crippen LogP contribution in [0.5, 0.6) is 0 Å². The molecule has 0 spiro atoms. The second-order valence-corrected chi connectivity index (χ2v) is 6.09. The Hall–Kier alpha value is -1.06. The molecule has 1 aliphatic heterocycles. The highest BCUT2D eigenvalue weighted by Gasteiger charge is 2.28. The van der Waals surface area contributed by atoms with E-state index in [1.165, 1.54) is 0 Å². The molecule has 4 heteroatoms. The molecule has 0 saturated carbocycles. The Morgan fingerprint density at radius 1 is 1.26 bits per heavy atom. The van der Waals surface area contributed by atoms with Gasteiger partial charge >= 0.3 is 5.97 Å². The quantitative estimate of drug-likeness (QED) is 0.806. The Bertz CT molecular complexity index is 315. The van der Waals surface area contributed by atoms with Gasteiger partial charge in [0.1, 0.15) is 0 Å². The maximum absolute atomic E-state index is 12.3. The van der Waals surface area contributed by atoms with Crippen molar-refractivity contribution in [3.63, 3.8) is 0 Å². The van der Waals surface area contributed by atoms with Gasteiger partial charge in [0, 0.05) is 25.4 Å². The number of carboxylic acid groups (broad SMARTS) is 1.